The van der Waals surface area contributed by atoms with Crippen LogP contribution in [0.2, 0.25) is 10.0 Å². The number of carbonyl (C=O) groups excluding carboxylic acids is 2. The Morgan fingerprint density at radius 2 is 1.68 bits per heavy atom. The number of rotatable bonds is 3. The van der Waals surface area contributed by atoms with Crippen LogP contribution < -0.4 is 11.1 Å². The number of nitrogens with one attached hydrogen (secondary N) is 1. The first-order chi connectivity index (χ1) is 10.4. The smallest absolute Gasteiger partial charge is 0.337 e. The topological polar surface area (TPSA) is 81.4 Å². The van der Waals surface area contributed by atoms with Gasteiger partial charge in [0, 0.05) is 10.6 Å². The molecule has 0 aliphatic carbocycles. The zero-order valence-corrected chi connectivity index (χ0v) is 13.0. The molecule has 2 rings (SSSR count). The zero-order valence-electron chi connectivity index (χ0n) is 11.5. The van der Waals surface area contributed by atoms with Crippen LogP contribution in [0.15, 0.2) is 36.4 Å². The maximum absolute atomic E-state index is 12.2. The third kappa shape index (κ3) is 3.50. The Balaban J connectivity index is 2.21. The fraction of sp³-hybridized carbons (Fsp3) is 0.0667. The van der Waals surface area contributed by atoms with E-state index in [1.807, 2.05) is 0 Å². The number of hydrogen-bond acceptors (Lipinski definition) is 4. The number of nitrogens with two attached hydrogens (primary N) is 1. The number of halogens is 2. The summed E-state index contributed by atoms with van der Waals surface area (Å²) in [7, 11) is 1.29. The molecule has 5 nitrogen and oxygen atoms in total. The molecule has 0 aliphatic rings. The van der Waals surface area contributed by atoms with Crippen molar-refractivity contribution < 1.29 is 14.3 Å². The number of benzene rings is 2. The van der Waals surface area contributed by atoms with Crippen molar-refractivity contribution in [2.75, 3.05) is 18.2 Å². The summed E-state index contributed by atoms with van der Waals surface area (Å²) in [5.74, 6) is -0.885. The largest absolute Gasteiger partial charge is 0.465 e. The molecule has 2 aromatic carbocycles. The minimum absolute atomic E-state index is 0.240. The van der Waals surface area contributed by atoms with E-state index in [4.69, 9.17) is 28.9 Å². The Morgan fingerprint density at radius 1 is 1.09 bits per heavy atom. The monoisotopic (exact) mass is 338 g/mol. The van der Waals surface area contributed by atoms with Crippen molar-refractivity contribution in [2.45, 2.75) is 0 Å². The van der Waals surface area contributed by atoms with Gasteiger partial charge in [0.25, 0.3) is 5.91 Å². The maximum Gasteiger partial charge on any atom is 0.337 e. The number of ether oxygens (including phenoxy) is 1. The Morgan fingerprint density at radius 3 is 2.23 bits per heavy atom. The van der Waals surface area contributed by atoms with Crippen LogP contribution in [0.3, 0.4) is 0 Å². The first-order valence-electron chi connectivity index (χ1n) is 6.16. The van der Waals surface area contributed by atoms with Crippen LogP contribution in [0.4, 0.5) is 11.4 Å². The average molecular weight is 339 g/mol. The summed E-state index contributed by atoms with van der Waals surface area (Å²) in [5.41, 5.74) is 7.03. The van der Waals surface area contributed by atoms with Crippen molar-refractivity contribution in [3.05, 3.63) is 57.6 Å². The summed E-state index contributed by atoms with van der Waals surface area (Å²) in [5, 5.41) is 3.23. The van der Waals surface area contributed by atoms with Crippen LogP contribution in [0.25, 0.3) is 0 Å². The van der Waals surface area contributed by atoms with Gasteiger partial charge in [-0.15, -0.1) is 0 Å². The molecule has 2 aromatic rings. The van der Waals surface area contributed by atoms with E-state index < -0.39 is 11.9 Å². The molecule has 0 bridgehead atoms. The zero-order chi connectivity index (χ0) is 16.3. The second-order valence-electron chi connectivity index (χ2n) is 4.37. The molecule has 114 valence electrons. The number of nitrogen functional groups attached to an aromatic ring is 1. The number of anilines is 2. The normalized spacial score (nSPS) is 10.1. The average Bonchev–Trinajstić information content (AvgIpc) is 2.50. The van der Waals surface area contributed by atoms with Gasteiger partial charge < -0.3 is 15.8 Å². The second-order valence-corrected chi connectivity index (χ2v) is 5.22. The fourth-order valence-electron chi connectivity index (χ4n) is 1.79. The molecule has 0 heterocycles. The van der Waals surface area contributed by atoms with Crippen LogP contribution >= 0.6 is 23.2 Å². The highest BCUT2D eigenvalue weighted by Gasteiger charge is 2.13. The number of hydrogen-bond donors (Lipinski definition) is 2. The highest BCUT2D eigenvalue weighted by molar-refractivity contribution is 6.37. The lowest BCUT2D eigenvalue weighted by atomic mass is 10.1. The highest BCUT2D eigenvalue weighted by Crippen LogP contribution is 2.32. The third-order valence-corrected chi connectivity index (χ3v) is 3.41. The summed E-state index contributed by atoms with van der Waals surface area (Å²) in [6.07, 6.45) is 0. The number of carbonyl (C=O) groups is 2. The highest BCUT2D eigenvalue weighted by atomic mass is 35.5. The standard InChI is InChI=1S/C15H12Cl2N2O3/c1-22-15(21)9-4-2-8(3-5-9)14(20)19-13-11(17)6-10(16)7-12(13)18/h2-7H,18H2,1H3,(H,19,20). The molecule has 0 aliphatic heterocycles. The maximum atomic E-state index is 12.2. The van der Waals surface area contributed by atoms with Gasteiger partial charge in [0.1, 0.15) is 0 Å². The molecule has 22 heavy (non-hydrogen) atoms. The van der Waals surface area contributed by atoms with Gasteiger partial charge in [-0.05, 0) is 36.4 Å². The van der Waals surface area contributed by atoms with Gasteiger partial charge in [-0.25, -0.2) is 4.79 Å². The number of amides is 1. The van der Waals surface area contributed by atoms with Crippen molar-refractivity contribution in [3.8, 4) is 0 Å². The first kappa shape index (κ1) is 16.1. The second kappa shape index (κ2) is 6.68. The molecule has 0 spiro atoms. The van der Waals surface area contributed by atoms with Gasteiger partial charge in [-0.2, -0.15) is 0 Å². The van der Waals surface area contributed by atoms with Crippen LogP contribution in [0, 0.1) is 0 Å². The lowest BCUT2D eigenvalue weighted by Crippen LogP contribution is -2.14. The molecule has 1 amide bonds. The molecule has 0 radical (unpaired) electrons. The van der Waals surface area contributed by atoms with E-state index >= 15 is 0 Å². The van der Waals surface area contributed by atoms with E-state index in [1.165, 1.54) is 43.5 Å². The van der Waals surface area contributed by atoms with Gasteiger partial charge in [-0.3, -0.25) is 4.79 Å². The molecule has 0 fully saturated rings. The van der Waals surface area contributed by atoms with Gasteiger partial charge in [0.05, 0.1) is 29.1 Å². The van der Waals surface area contributed by atoms with Crippen LogP contribution in [-0.4, -0.2) is 19.0 Å². The van der Waals surface area contributed by atoms with Crippen molar-refractivity contribution in [3.63, 3.8) is 0 Å². The quantitative estimate of drug-likeness (QED) is 0.661. The summed E-state index contributed by atoms with van der Waals surface area (Å²) >= 11 is 11.8. The first-order valence-corrected chi connectivity index (χ1v) is 6.92. The molecule has 0 saturated carbocycles. The van der Waals surface area contributed by atoms with E-state index in [0.717, 1.165) is 0 Å². The van der Waals surface area contributed by atoms with Gasteiger partial charge >= 0.3 is 5.97 Å². The lowest BCUT2D eigenvalue weighted by molar-refractivity contribution is 0.0600. The van der Waals surface area contributed by atoms with E-state index in [0.29, 0.717) is 16.1 Å². The SMILES string of the molecule is COC(=O)c1ccc(C(=O)Nc2c(N)cc(Cl)cc2Cl)cc1. The predicted octanol–water partition coefficient (Wildman–Crippen LogP) is 3.61. The van der Waals surface area contributed by atoms with E-state index in [-0.39, 0.29) is 16.4 Å². The summed E-state index contributed by atoms with van der Waals surface area (Å²) in [6, 6.07) is 8.96. The van der Waals surface area contributed by atoms with Gasteiger partial charge in [0.15, 0.2) is 0 Å². The fourth-order valence-corrected chi connectivity index (χ4v) is 2.34. The molecule has 3 N–H and O–H groups in total. The van der Waals surface area contributed by atoms with Crippen molar-refractivity contribution in [1.82, 2.24) is 0 Å². The minimum atomic E-state index is -0.475. The van der Waals surface area contributed by atoms with Gasteiger partial charge in [-0.1, -0.05) is 23.2 Å². The molecule has 7 heteroatoms. The Labute approximate surface area is 137 Å². The van der Waals surface area contributed by atoms with Crippen LogP contribution in [0.5, 0.6) is 0 Å². The van der Waals surface area contributed by atoms with Crippen molar-refractivity contribution in [2.24, 2.45) is 0 Å². The Hall–Kier alpha value is -2.24. The Kier molecular flexibility index (Phi) is 4.90. The van der Waals surface area contributed by atoms with Crippen LogP contribution in [0.1, 0.15) is 20.7 Å². The molecular formula is C15H12Cl2N2O3. The third-order valence-electron chi connectivity index (χ3n) is 2.89. The molecule has 0 saturated heterocycles. The van der Waals surface area contributed by atoms with Crippen molar-refractivity contribution in [1.29, 1.82) is 0 Å². The predicted molar refractivity (Wildman–Crippen MR) is 86.6 cm³/mol. The summed E-state index contributed by atoms with van der Waals surface area (Å²) in [4.78, 5) is 23.5. The van der Waals surface area contributed by atoms with Gasteiger partial charge in [0.2, 0.25) is 0 Å². The van der Waals surface area contributed by atoms with E-state index in [9.17, 15) is 9.59 Å². The Bertz CT molecular complexity index is 707. The van der Waals surface area contributed by atoms with E-state index in [1.54, 1.807) is 0 Å². The molecule has 0 unspecified atom stereocenters. The lowest BCUT2D eigenvalue weighted by Gasteiger charge is -2.11. The summed E-state index contributed by atoms with van der Waals surface area (Å²) < 4.78 is 4.59. The summed E-state index contributed by atoms with van der Waals surface area (Å²) in [6.45, 7) is 0. The van der Waals surface area contributed by atoms with Crippen LogP contribution in [-0.2, 0) is 4.74 Å². The van der Waals surface area contributed by atoms with Crippen molar-refractivity contribution >= 4 is 46.5 Å². The number of esters is 1. The molecular weight excluding hydrogens is 327 g/mol. The minimum Gasteiger partial charge on any atom is -0.465 e. The molecule has 0 atom stereocenters. The van der Waals surface area contributed by atoms with E-state index in [2.05, 4.69) is 10.1 Å². The molecule has 0 aromatic heterocycles. The number of methoxy groups -OCH3 is 1.